The van der Waals surface area contributed by atoms with Gasteiger partial charge in [0.2, 0.25) is 0 Å². The lowest BCUT2D eigenvalue weighted by atomic mass is 10.2. The van der Waals surface area contributed by atoms with Crippen molar-refractivity contribution < 1.29 is 23.9 Å². The lowest BCUT2D eigenvalue weighted by Crippen LogP contribution is -2.17. The molecule has 0 saturated heterocycles. The molecule has 38 heavy (non-hydrogen) atoms. The third-order valence-corrected chi connectivity index (χ3v) is 5.39. The van der Waals surface area contributed by atoms with Gasteiger partial charge in [0.1, 0.15) is 11.5 Å². The summed E-state index contributed by atoms with van der Waals surface area (Å²) < 4.78 is 11.0. The van der Waals surface area contributed by atoms with Gasteiger partial charge in [0.05, 0.1) is 11.8 Å². The van der Waals surface area contributed by atoms with Gasteiger partial charge in [-0.25, -0.2) is 15.0 Å². The first-order valence-electron chi connectivity index (χ1n) is 11.4. The highest BCUT2D eigenvalue weighted by molar-refractivity contribution is 6.30. The zero-order valence-corrected chi connectivity index (χ0v) is 20.7. The summed E-state index contributed by atoms with van der Waals surface area (Å²) in [4.78, 5) is 37.2. The third kappa shape index (κ3) is 7.25. The number of hydrogen-bond donors (Lipinski definition) is 1. The maximum Gasteiger partial charge on any atom is 0.343 e. The summed E-state index contributed by atoms with van der Waals surface area (Å²) in [5.74, 6) is -1.05. The zero-order chi connectivity index (χ0) is 26.7. The van der Waals surface area contributed by atoms with Gasteiger partial charge in [-0.2, -0.15) is 5.10 Å². The molecule has 1 amide bonds. The Labute approximate surface area is 224 Å². The van der Waals surface area contributed by atoms with Crippen LogP contribution in [0.3, 0.4) is 0 Å². The summed E-state index contributed by atoms with van der Waals surface area (Å²) in [6.07, 6.45) is 4.10. The molecule has 0 bridgehead atoms. The topological polar surface area (TPSA) is 94.1 Å². The monoisotopic (exact) mass is 524 g/mol. The molecule has 0 fully saturated rings. The number of ether oxygens (including phenoxy) is 2. The number of benzene rings is 4. The number of carbonyl (C=O) groups is 3. The van der Waals surface area contributed by atoms with Gasteiger partial charge in [-0.3, -0.25) is 4.79 Å². The van der Waals surface area contributed by atoms with E-state index in [-0.39, 0.29) is 17.4 Å². The minimum atomic E-state index is -0.655. The van der Waals surface area contributed by atoms with E-state index in [1.54, 1.807) is 97.1 Å². The molecule has 188 valence electrons. The van der Waals surface area contributed by atoms with Gasteiger partial charge in [-0.05, 0) is 60.7 Å². The molecule has 0 saturated carbocycles. The first-order chi connectivity index (χ1) is 18.5. The van der Waals surface area contributed by atoms with Crippen molar-refractivity contribution in [2.24, 2.45) is 5.10 Å². The Balaban J connectivity index is 1.40. The molecule has 0 aliphatic carbocycles. The number of nitrogens with one attached hydrogen (secondary N) is 1. The minimum absolute atomic E-state index is 0.252. The number of hydrazone groups is 1. The average Bonchev–Trinajstić information content (AvgIpc) is 2.94. The molecular weight excluding hydrogens is 504 g/mol. The normalized spacial score (nSPS) is 10.9. The molecule has 0 atom stereocenters. The van der Waals surface area contributed by atoms with Gasteiger partial charge in [0.15, 0.2) is 0 Å². The minimum Gasteiger partial charge on any atom is -0.423 e. The average molecular weight is 525 g/mol. The zero-order valence-electron chi connectivity index (χ0n) is 19.9. The molecule has 8 heteroatoms. The van der Waals surface area contributed by atoms with Crippen molar-refractivity contribution in [3.8, 4) is 11.5 Å². The smallest absolute Gasteiger partial charge is 0.343 e. The molecule has 0 radical (unpaired) electrons. The Morgan fingerprint density at radius 3 is 2.00 bits per heavy atom. The van der Waals surface area contributed by atoms with Gasteiger partial charge in [-0.15, -0.1) is 0 Å². The highest BCUT2D eigenvalue weighted by Crippen LogP contribution is 2.22. The quantitative estimate of drug-likeness (QED) is 0.101. The molecule has 0 aliphatic rings. The molecule has 0 heterocycles. The van der Waals surface area contributed by atoms with E-state index in [1.807, 2.05) is 6.07 Å². The number of para-hydroxylation sites is 2. The van der Waals surface area contributed by atoms with E-state index in [1.165, 1.54) is 18.4 Å². The highest BCUT2D eigenvalue weighted by atomic mass is 35.5. The van der Waals surface area contributed by atoms with Crippen LogP contribution in [-0.4, -0.2) is 24.1 Å². The molecule has 0 aliphatic heterocycles. The number of amides is 1. The van der Waals surface area contributed by atoms with E-state index in [2.05, 4.69) is 10.5 Å². The predicted molar refractivity (Wildman–Crippen MR) is 145 cm³/mol. The van der Waals surface area contributed by atoms with Crippen LogP contribution in [0.15, 0.2) is 114 Å². The van der Waals surface area contributed by atoms with Crippen LogP contribution in [-0.2, 0) is 4.79 Å². The van der Waals surface area contributed by atoms with E-state index in [0.29, 0.717) is 27.3 Å². The van der Waals surface area contributed by atoms with E-state index < -0.39 is 11.9 Å². The largest absolute Gasteiger partial charge is 0.423 e. The first kappa shape index (κ1) is 26.1. The fourth-order valence-corrected chi connectivity index (χ4v) is 3.38. The second-order valence-corrected chi connectivity index (χ2v) is 8.23. The van der Waals surface area contributed by atoms with Crippen molar-refractivity contribution in [3.63, 3.8) is 0 Å². The van der Waals surface area contributed by atoms with Crippen molar-refractivity contribution in [2.75, 3.05) is 0 Å². The van der Waals surface area contributed by atoms with Crippen LogP contribution in [0.5, 0.6) is 11.5 Å². The van der Waals surface area contributed by atoms with Crippen molar-refractivity contribution in [1.29, 1.82) is 0 Å². The van der Waals surface area contributed by atoms with Crippen molar-refractivity contribution >= 4 is 41.7 Å². The predicted octanol–water partition coefficient (Wildman–Crippen LogP) is 5.94. The van der Waals surface area contributed by atoms with Gasteiger partial charge in [0, 0.05) is 27.8 Å². The first-order valence-corrected chi connectivity index (χ1v) is 11.8. The summed E-state index contributed by atoms with van der Waals surface area (Å²) in [5, 5.41) is 4.47. The fourth-order valence-electron chi connectivity index (χ4n) is 3.25. The second-order valence-electron chi connectivity index (χ2n) is 7.79. The molecule has 0 aromatic heterocycles. The van der Waals surface area contributed by atoms with Crippen LogP contribution >= 0.6 is 11.6 Å². The number of esters is 2. The molecule has 0 unspecified atom stereocenters. The molecule has 1 N–H and O–H groups in total. The van der Waals surface area contributed by atoms with Crippen LogP contribution in [0.1, 0.15) is 31.8 Å². The van der Waals surface area contributed by atoms with E-state index in [9.17, 15) is 14.4 Å². The molecular formula is C30H21ClN2O5. The summed E-state index contributed by atoms with van der Waals surface area (Å²) in [7, 11) is 0. The van der Waals surface area contributed by atoms with Gasteiger partial charge in [-0.1, -0.05) is 60.1 Å². The Bertz CT molecular complexity index is 1500. The van der Waals surface area contributed by atoms with E-state index in [0.717, 1.165) is 0 Å². The van der Waals surface area contributed by atoms with Crippen LogP contribution in [0.4, 0.5) is 0 Å². The summed E-state index contributed by atoms with van der Waals surface area (Å²) in [5.41, 5.74) is 4.23. The summed E-state index contributed by atoms with van der Waals surface area (Å²) >= 11 is 5.87. The van der Waals surface area contributed by atoms with Crippen molar-refractivity contribution in [3.05, 3.63) is 136 Å². The third-order valence-electron chi connectivity index (χ3n) is 5.14. The standard InChI is InChI=1S/C30H21ClN2O5/c31-25-17-14-23(15-18-25)30(36)38-26-12-6-4-8-21(26)16-19-28(34)37-27-13-7-5-11-24(27)20-32-33-29(35)22-9-2-1-3-10-22/h1-20H,(H,33,35)/b19-16+,32-20+. The SMILES string of the molecule is O=C(/C=C/c1ccccc1OC(=O)c1ccc(Cl)cc1)Oc1ccccc1/C=N/NC(=O)c1ccccc1. The van der Waals surface area contributed by atoms with Crippen LogP contribution < -0.4 is 14.9 Å². The van der Waals surface area contributed by atoms with E-state index in [4.69, 9.17) is 21.1 Å². The summed E-state index contributed by atoms with van der Waals surface area (Å²) in [6, 6.07) is 28.5. The lowest BCUT2D eigenvalue weighted by molar-refractivity contribution is -0.128. The molecule has 4 aromatic carbocycles. The van der Waals surface area contributed by atoms with Gasteiger partial charge in [0.25, 0.3) is 5.91 Å². The molecule has 4 aromatic rings. The number of nitrogens with zero attached hydrogens (tertiary/aromatic N) is 1. The highest BCUT2D eigenvalue weighted by Gasteiger charge is 2.11. The van der Waals surface area contributed by atoms with Crippen LogP contribution in [0.2, 0.25) is 5.02 Å². The Morgan fingerprint density at radius 1 is 0.684 bits per heavy atom. The number of hydrogen-bond acceptors (Lipinski definition) is 6. The molecule has 7 nitrogen and oxygen atoms in total. The Kier molecular flexibility index (Phi) is 8.78. The molecule has 0 spiro atoms. The van der Waals surface area contributed by atoms with Crippen LogP contribution in [0.25, 0.3) is 6.08 Å². The fraction of sp³-hybridized carbons (Fsp3) is 0. The van der Waals surface area contributed by atoms with Gasteiger partial charge < -0.3 is 9.47 Å². The lowest BCUT2D eigenvalue weighted by Gasteiger charge is -2.08. The second kappa shape index (κ2) is 12.8. The number of carbonyl (C=O) groups excluding carboxylic acids is 3. The van der Waals surface area contributed by atoms with E-state index >= 15 is 0 Å². The summed E-state index contributed by atoms with van der Waals surface area (Å²) in [6.45, 7) is 0. The van der Waals surface area contributed by atoms with Gasteiger partial charge >= 0.3 is 11.9 Å². The van der Waals surface area contributed by atoms with Crippen LogP contribution in [0, 0.1) is 0 Å². The van der Waals surface area contributed by atoms with Crippen molar-refractivity contribution in [1.82, 2.24) is 5.43 Å². The Morgan fingerprint density at radius 2 is 1.29 bits per heavy atom. The molecule has 4 rings (SSSR count). The Hall–Kier alpha value is -5.01. The van der Waals surface area contributed by atoms with Crippen molar-refractivity contribution in [2.45, 2.75) is 0 Å². The number of rotatable bonds is 8. The maximum absolute atomic E-state index is 12.5. The number of halogens is 1. The maximum atomic E-state index is 12.5.